The van der Waals surface area contributed by atoms with Crippen LogP contribution in [0.15, 0.2) is 61.4 Å². The lowest BCUT2D eigenvalue weighted by molar-refractivity contribution is -0.111. The molecule has 4 aromatic rings. The van der Waals surface area contributed by atoms with E-state index in [1.165, 1.54) is 18.2 Å². The summed E-state index contributed by atoms with van der Waals surface area (Å²) in [5, 5.41) is 10.6. The highest BCUT2D eigenvalue weighted by Crippen LogP contribution is 2.38. The Labute approximate surface area is 214 Å². The Morgan fingerprint density at radius 2 is 1.95 bits per heavy atom. The minimum absolute atomic E-state index is 0.260. The van der Waals surface area contributed by atoms with E-state index in [-0.39, 0.29) is 17.7 Å². The number of hydrogen-bond donors (Lipinski definition) is 2. The van der Waals surface area contributed by atoms with Gasteiger partial charge < -0.3 is 25.2 Å². The zero-order chi connectivity index (χ0) is 26.5. The Hall–Kier alpha value is -4.51. The van der Waals surface area contributed by atoms with Crippen LogP contribution >= 0.6 is 0 Å². The number of likely N-dealkylation sites (N-methyl/N-ethyl adjacent to an activating group) is 2. The van der Waals surface area contributed by atoms with E-state index < -0.39 is 0 Å². The molecule has 2 aromatic carbocycles. The highest BCUT2D eigenvalue weighted by atomic mass is 19.1. The third kappa shape index (κ3) is 5.84. The van der Waals surface area contributed by atoms with Gasteiger partial charge >= 0.3 is 0 Å². The molecular formula is C26H29FN8O2. The largest absolute Gasteiger partial charge is 0.494 e. The monoisotopic (exact) mass is 504 g/mol. The van der Waals surface area contributed by atoms with Gasteiger partial charge in [0.2, 0.25) is 11.9 Å². The summed E-state index contributed by atoms with van der Waals surface area (Å²) in [6.45, 7) is 5.10. The van der Waals surface area contributed by atoms with Crippen LogP contribution < -0.4 is 20.3 Å². The van der Waals surface area contributed by atoms with Crippen LogP contribution in [-0.2, 0) is 4.79 Å². The molecular weight excluding hydrogens is 475 g/mol. The second kappa shape index (κ2) is 11.0. The van der Waals surface area contributed by atoms with Crippen molar-refractivity contribution < 1.29 is 13.9 Å². The number of carbonyl (C=O) groups is 1. The molecule has 37 heavy (non-hydrogen) atoms. The fourth-order valence-corrected chi connectivity index (χ4v) is 3.72. The van der Waals surface area contributed by atoms with Crippen LogP contribution in [0.4, 0.5) is 27.4 Å². The van der Waals surface area contributed by atoms with Gasteiger partial charge in [0.15, 0.2) is 5.65 Å². The maximum atomic E-state index is 13.8. The molecule has 0 aliphatic heterocycles. The van der Waals surface area contributed by atoms with Crippen LogP contribution in [-0.4, -0.2) is 71.7 Å². The SMILES string of the molecule is C=CC(=O)Nc1cc(Nc2ncc3ncc(-c4cccc(F)c4)n3n2)c(OC)cc1N(C)CCN(C)C. The number of fused-ring (bicyclic) bond motifs is 1. The number of aromatic nitrogens is 4. The fourth-order valence-electron chi connectivity index (χ4n) is 3.72. The van der Waals surface area contributed by atoms with Crippen molar-refractivity contribution in [2.75, 3.05) is 56.9 Å². The van der Waals surface area contributed by atoms with Crippen molar-refractivity contribution in [3.8, 4) is 17.0 Å². The summed E-state index contributed by atoms with van der Waals surface area (Å²) in [6.07, 6.45) is 4.39. The minimum Gasteiger partial charge on any atom is -0.494 e. The van der Waals surface area contributed by atoms with Gasteiger partial charge in [-0.3, -0.25) is 4.79 Å². The average molecular weight is 505 g/mol. The molecule has 0 aliphatic carbocycles. The summed E-state index contributed by atoms with van der Waals surface area (Å²) < 4.78 is 21.0. The van der Waals surface area contributed by atoms with E-state index in [0.717, 1.165) is 18.8 Å². The van der Waals surface area contributed by atoms with Gasteiger partial charge in [-0.2, -0.15) is 0 Å². The number of carbonyl (C=O) groups excluding carboxylic acids is 1. The van der Waals surface area contributed by atoms with Crippen molar-refractivity contribution >= 4 is 34.6 Å². The molecule has 2 heterocycles. The number of nitrogens with one attached hydrogen (secondary N) is 2. The molecule has 0 atom stereocenters. The topological polar surface area (TPSA) is 99.9 Å². The number of anilines is 4. The molecule has 0 saturated heterocycles. The first-order valence-electron chi connectivity index (χ1n) is 11.5. The molecule has 1 amide bonds. The number of hydrogen-bond acceptors (Lipinski definition) is 8. The van der Waals surface area contributed by atoms with Crippen LogP contribution in [0.1, 0.15) is 0 Å². The minimum atomic E-state index is -0.352. The molecule has 2 aromatic heterocycles. The molecule has 11 heteroatoms. The summed E-state index contributed by atoms with van der Waals surface area (Å²) in [4.78, 5) is 25.0. The Morgan fingerprint density at radius 1 is 1.14 bits per heavy atom. The summed E-state index contributed by atoms with van der Waals surface area (Å²) in [7, 11) is 7.50. The molecule has 192 valence electrons. The van der Waals surface area contributed by atoms with Crippen LogP contribution in [0, 0.1) is 5.82 Å². The number of nitrogens with zero attached hydrogens (tertiary/aromatic N) is 6. The standard InChI is InChI=1S/C26H29FN8O2/c1-6-25(36)30-19-13-20(23(37-5)14-21(19)34(4)11-10-33(2)3)31-26-29-16-24-28-15-22(35(24)32-26)17-8-7-9-18(27)12-17/h6-9,12-16H,1,10-11H2,2-5H3,(H,30,36)(H,31,32). The van der Waals surface area contributed by atoms with Gasteiger partial charge in [-0.15, -0.1) is 5.10 Å². The predicted molar refractivity (Wildman–Crippen MR) is 143 cm³/mol. The second-order valence-electron chi connectivity index (χ2n) is 8.62. The number of ether oxygens (including phenoxy) is 1. The van der Waals surface area contributed by atoms with E-state index in [2.05, 4.69) is 37.2 Å². The lowest BCUT2D eigenvalue weighted by Gasteiger charge is -2.25. The highest BCUT2D eigenvalue weighted by Gasteiger charge is 2.17. The van der Waals surface area contributed by atoms with Gasteiger partial charge in [0.25, 0.3) is 0 Å². The lowest BCUT2D eigenvalue weighted by atomic mass is 10.2. The Kier molecular flexibility index (Phi) is 7.63. The number of methoxy groups -OCH3 is 1. The smallest absolute Gasteiger partial charge is 0.247 e. The molecule has 2 N–H and O–H groups in total. The van der Waals surface area contributed by atoms with E-state index in [1.807, 2.05) is 32.1 Å². The van der Waals surface area contributed by atoms with Crippen molar-refractivity contribution in [3.05, 3.63) is 67.3 Å². The van der Waals surface area contributed by atoms with E-state index in [4.69, 9.17) is 4.74 Å². The van der Waals surface area contributed by atoms with Crippen LogP contribution in [0.25, 0.3) is 16.9 Å². The zero-order valence-corrected chi connectivity index (χ0v) is 21.2. The predicted octanol–water partition coefficient (Wildman–Crippen LogP) is 3.80. The average Bonchev–Trinajstić information content (AvgIpc) is 3.30. The van der Waals surface area contributed by atoms with Crippen molar-refractivity contribution in [2.45, 2.75) is 0 Å². The molecule has 0 unspecified atom stereocenters. The normalized spacial score (nSPS) is 11.0. The van der Waals surface area contributed by atoms with E-state index in [9.17, 15) is 9.18 Å². The van der Waals surface area contributed by atoms with Gasteiger partial charge in [-0.05, 0) is 38.4 Å². The van der Waals surface area contributed by atoms with Crippen molar-refractivity contribution in [2.24, 2.45) is 0 Å². The number of rotatable bonds is 10. The van der Waals surface area contributed by atoms with Gasteiger partial charge in [0, 0.05) is 31.8 Å². The highest BCUT2D eigenvalue weighted by molar-refractivity contribution is 6.02. The molecule has 0 saturated carbocycles. The summed E-state index contributed by atoms with van der Waals surface area (Å²) >= 11 is 0. The lowest BCUT2D eigenvalue weighted by Crippen LogP contribution is -2.29. The Morgan fingerprint density at radius 3 is 2.65 bits per heavy atom. The summed E-state index contributed by atoms with van der Waals surface area (Å²) in [5.41, 5.74) is 3.64. The Balaban J connectivity index is 1.72. The summed E-state index contributed by atoms with van der Waals surface area (Å²) in [5.74, 6) is 0.0997. The van der Waals surface area contributed by atoms with Crippen molar-refractivity contribution in [3.63, 3.8) is 0 Å². The molecule has 0 spiro atoms. The van der Waals surface area contributed by atoms with Gasteiger partial charge in [0.1, 0.15) is 11.6 Å². The van der Waals surface area contributed by atoms with Gasteiger partial charge in [0.05, 0.1) is 42.3 Å². The van der Waals surface area contributed by atoms with Crippen molar-refractivity contribution in [1.29, 1.82) is 0 Å². The van der Waals surface area contributed by atoms with Crippen LogP contribution in [0.3, 0.4) is 0 Å². The third-order valence-electron chi connectivity index (χ3n) is 5.68. The fraction of sp³-hybridized carbons (Fsp3) is 0.231. The van der Waals surface area contributed by atoms with Crippen LogP contribution in [0.5, 0.6) is 5.75 Å². The number of benzene rings is 2. The van der Waals surface area contributed by atoms with E-state index >= 15 is 0 Å². The maximum absolute atomic E-state index is 13.8. The van der Waals surface area contributed by atoms with Crippen molar-refractivity contribution in [1.82, 2.24) is 24.5 Å². The second-order valence-corrected chi connectivity index (χ2v) is 8.62. The van der Waals surface area contributed by atoms with Gasteiger partial charge in [-0.25, -0.2) is 18.9 Å². The quantitative estimate of drug-likeness (QED) is 0.315. The first-order valence-corrected chi connectivity index (χ1v) is 11.5. The van der Waals surface area contributed by atoms with E-state index in [1.54, 1.807) is 42.2 Å². The number of amides is 1. The summed E-state index contributed by atoms with van der Waals surface area (Å²) in [6, 6.07) is 9.81. The molecule has 0 bridgehead atoms. The first-order chi connectivity index (χ1) is 17.8. The first kappa shape index (κ1) is 25.6. The number of halogens is 1. The molecule has 10 nitrogen and oxygen atoms in total. The molecule has 4 rings (SSSR count). The van der Waals surface area contributed by atoms with Crippen LogP contribution in [0.2, 0.25) is 0 Å². The number of imidazole rings is 1. The zero-order valence-electron chi connectivity index (χ0n) is 21.2. The molecule has 0 aliphatic rings. The Bertz CT molecular complexity index is 1440. The maximum Gasteiger partial charge on any atom is 0.247 e. The van der Waals surface area contributed by atoms with Gasteiger partial charge in [-0.1, -0.05) is 18.7 Å². The van der Waals surface area contributed by atoms with E-state index in [0.29, 0.717) is 34.0 Å². The third-order valence-corrected chi connectivity index (χ3v) is 5.68. The molecule has 0 radical (unpaired) electrons. The molecule has 0 fully saturated rings.